The van der Waals surface area contributed by atoms with Crippen LogP contribution in [-0.4, -0.2) is 25.0 Å². The number of benzene rings is 1. The van der Waals surface area contributed by atoms with Crippen LogP contribution in [0.2, 0.25) is 0 Å². The fourth-order valence-electron chi connectivity index (χ4n) is 1.57. The maximum Gasteiger partial charge on any atom is 0.239 e. The SMILES string of the molecule is Nc1cc(NC(=O)CCl)c2c(c1)OCCCO2. The molecule has 0 radical (unpaired) electrons. The molecule has 5 nitrogen and oxygen atoms in total. The molecule has 1 aromatic rings. The molecular formula is C11H13ClN2O3. The number of amides is 1. The Kier molecular flexibility index (Phi) is 3.58. The van der Waals surface area contributed by atoms with E-state index >= 15 is 0 Å². The highest BCUT2D eigenvalue weighted by molar-refractivity contribution is 6.29. The third-order valence-corrected chi connectivity index (χ3v) is 2.51. The van der Waals surface area contributed by atoms with E-state index < -0.39 is 0 Å². The number of hydrogen-bond acceptors (Lipinski definition) is 4. The molecule has 1 aliphatic rings. The van der Waals surface area contributed by atoms with Crippen LogP contribution in [0.3, 0.4) is 0 Å². The molecule has 0 saturated heterocycles. The first-order valence-corrected chi connectivity index (χ1v) is 5.79. The minimum absolute atomic E-state index is 0.121. The van der Waals surface area contributed by atoms with Crippen LogP contribution >= 0.6 is 11.6 Å². The number of anilines is 2. The van der Waals surface area contributed by atoms with Crippen molar-refractivity contribution in [2.45, 2.75) is 6.42 Å². The third kappa shape index (κ3) is 2.74. The van der Waals surface area contributed by atoms with Gasteiger partial charge in [-0.05, 0) is 6.07 Å². The van der Waals surface area contributed by atoms with Crippen molar-refractivity contribution in [1.29, 1.82) is 0 Å². The molecule has 1 aromatic carbocycles. The molecule has 17 heavy (non-hydrogen) atoms. The molecule has 0 atom stereocenters. The van der Waals surface area contributed by atoms with Crippen LogP contribution in [0.25, 0.3) is 0 Å². The van der Waals surface area contributed by atoms with E-state index in [1.54, 1.807) is 12.1 Å². The highest BCUT2D eigenvalue weighted by atomic mass is 35.5. The summed E-state index contributed by atoms with van der Waals surface area (Å²) in [7, 11) is 0. The van der Waals surface area contributed by atoms with Gasteiger partial charge in [0.1, 0.15) is 5.88 Å². The minimum Gasteiger partial charge on any atom is -0.489 e. The molecule has 0 fully saturated rings. The van der Waals surface area contributed by atoms with Gasteiger partial charge in [-0.15, -0.1) is 11.6 Å². The van der Waals surface area contributed by atoms with Gasteiger partial charge in [-0.3, -0.25) is 4.79 Å². The van der Waals surface area contributed by atoms with Gasteiger partial charge in [0.25, 0.3) is 0 Å². The summed E-state index contributed by atoms with van der Waals surface area (Å²) in [4.78, 5) is 11.3. The number of rotatable bonds is 2. The van der Waals surface area contributed by atoms with Crippen molar-refractivity contribution >= 4 is 28.9 Å². The maximum absolute atomic E-state index is 11.3. The molecule has 1 heterocycles. The summed E-state index contributed by atoms with van der Waals surface area (Å²) in [6, 6.07) is 3.30. The van der Waals surface area contributed by atoms with Crippen molar-refractivity contribution in [2.75, 3.05) is 30.1 Å². The van der Waals surface area contributed by atoms with Gasteiger partial charge in [0.15, 0.2) is 11.5 Å². The van der Waals surface area contributed by atoms with E-state index in [4.69, 9.17) is 26.8 Å². The van der Waals surface area contributed by atoms with Crippen LogP contribution in [0.5, 0.6) is 11.5 Å². The number of nitrogens with one attached hydrogen (secondary N) is 1. The Balaban J connectivity index is 2.36. The van der Waals surface area contributed by atoms with Crippen LogP contribution in [0.15, 0.2) is 12.1 Å². The monoisotopic (exact) mass is 256 g/mol. The molecule has 6 heteroatoms. The number of halogens is 1. The second-order valence-corrected chi connectivity index (χ2v) is 3.90. The normalized spacial score (nSPS) is 13.9. The quantitative estimate of drug-likeness (QED) is 0.623. The van der Waals surface area contributed by atoms with Crippen molar-refractivity contribution in [1.82, 2.24) is 0 Å². The molecule has 3 N–H and O–H groups in total. The minimum atomic E-state index is -0.313. The zero-order chi connectivity index (χ0) is 12.3. The standard InChI is InChI=1S/C11H13ClN2O3/c12-6-10(15)14-8-4-7(13)5-9-11(8)17-3-1-2-16-9/h4-5H,1-3,6,13H2,(H,14,15). The van der Waals surface area contributed by atoms with Crippen LogP contribution in [0.4, 0.5) is 11.4 Å². The summed E-state index contributed by atoms with van der Waals surface area (Å²) >= 11 is 5.44. The van der Waals surface area contributed by atoms with E-state index in [-0.39, 0.29) is 11.8 Å². The number of carbonyl (C=O) groups excluding carboxylic acids is 1. The Hall–Kier alpha value is -1.62. The number of nitrogen functional groups attached to an aromatic ring is 1. The highest BCUT2D eigenvalue weighted by Crippen LogP contribution is 2.39. The molecule has 2 rings (SSSR count). The summed E-state index contributed by atoms with van der Waals surface area (Å²) in [6.07, 6.45) is 0.789. The zero-order valence-electron chi connectivity index (χ0n) is 9.16. The lowest BCUT2D eigenvalue weighted by Crippen LogP contribution is -2.14. The zero-order valence-corrected chi connectivity index (χ0v) is 9.92. The van der Waals surface area contributed by atoms with Gasteiger partial charge in [0.05, 0.1) is 18.9 Å². The lowest BCUT2D eigenvalue weighted by atomic mass is 10.2. The van der Waals surface area contributed by atoms with E-state index in [9.17, 15) is 4.79 Å². The molecular weight excluding hydrogens is 244 g/mol. The Morgan fingerprint density at radius 3 is 2.94 bits per heavy atom. The van der Waals surface area contributed by atoms with E-state index in [1.807, 2.05) is 0 Å². The summed E-state index contributed by atoms with van der Waals surface area (Å²) in [5.41, 5.74) is 6.72. The van der Waals surface area contributed by atoms with Crippen LogP contribution in [-0.2, 0) is 4.79 Å². The second kappa shape index (κ2) is 5.14. The first-order valence-electron chi connectivity index (χ1n) is 5.25. The highest BCUT2D eigenvalue weighted by Gasteiger charge is 2.17. The van der Waals surface area contributed by atoms with Crippen LogP contribution in [0, 0.1) is 0 Å². The van der Waals surface area contributed by atoms with E-state index in [0.717, 1.165) is 6.42 Å². The predicted octanol–water partition coefficient (Wildman–Crippen LogP) is 1.61. The van der Waals surface area contributed by atoms with Gasteiger partial charge < -0.3 is 20.5 Å². The molecule has 92 valence electrons. The van der Waals surface area contributed by atoms with Gasteiger partial charge >= 0.3 is 0 Å². The molecule has 0 saturated carbocycles. The average molecular weight is 257 g/mol. The first kappa shape index (κ1) is 11.9. The number of carbonyl (C=O) groups is 1. The Morgan fingerprint density at radius 2 is 2.18 bits per heavy atom. The Morgan fingerprint density at radius 1 is 1.41 bits per heavy atom. The Bertz CT molecular complexity index is 437. The fraction of sp³-hybridized carbons (Fsp3) is 0.364. The Labute approximate surface area is 104 Å². The summed E-state index contributed by atoms with van der Waals surface area (Å²) in [5, 5.41) is 2.63. The molecule has 0 spiro atoms. The lowest BCUT2D eigenvalue weighted by Gasteiger charge is -2.13. The van der Waals surface area contributed by atoms with Crippen molar-refractivity contribution in [3.8, 4) is 11.5 Å². The number of alkyl halides is 1. The van der Waals surface area contributed by atoms with E-state index in [2.05, 4.69) is 5.32 Å². The van der Waals surface area contributed by atoms with Gasteiger partial charge in [0.2, 0.25) is 5.91 Å². The van der Waals surface area contributed by atoms with Gasteiger partial charge in [-0.25, -0.2) is 0 Å². The largest absolute Gasteiger partial charge is 0.489 e. The maximum atomic E-state index is 11.3. The number of fused-ring (bicyclic) bond motifs is 1. The molecule has 0 unspecified atom stereocenters. The van der Waals surface area contributed by atoms with Crippen molar-refractivity contribution in [3.63, 3.8) is 0 Å². The summed E-state index contributed by atoms with van der Waals surface area (Å²) < 4.78 is 11.0. The van der Waals surface area contributed by atoms with Crippen LogP contribution < -0.4 is 20.5 Å². The molecule has 0 aromatic heterocycles. The molecule has 0 bridgehead atoms. The topological polar surface area (TPSA) is 73.6 Å². The van der Waals surface area contributed by atoms with Crippen LogP contribution in [0.1, 0.15) is 6.42 Å². The summed E-state index contributed by atoms with van der Waals surface area (Å²) in [6.45, 7) is 1.11. The number of nitrogens with two attached hydrogens (primary N) is 1. The summed E-state index contributed by atoms with van der Waals surface area (Å²) in [5.74, 6) is 0.625. The fourth-order valence-corrected chi connectivity index (χ4v) is 1.64. The average Bonchev–Trinajstić information content (AvgIpc) is 2.53. The third-order valence-electron chi connectivity index (χ3n) is 2.27. The number of hydrogen-bond donors (Lipinski definition) is 2. The predicted molar refractivity (Wildman–Crippen MR) is 65.8 cm³/mol. The van der Waals surface area contributed by atoms with Gasteiger partial charge in [-0.2, -0.15) is 0 Å². The van der Waals surface area contributed by atoms with E-state index in [0.29, 0.717) is 36.1 Å². The van der Waals surface area contributed by atoms with Crippen molar-refractivity contribution in [3.05, 3.63) is 12.1 Å². The molecule has 1 aliphatic heterocycles. The lowest BCUT2D eigenvalue weighted by molar-refractivity contribution is -0.113. The van der Waals surface area contributed by atoms with Gasteiger partial charge in [-0.1, -0.05) is 0 Å². The number of ether oxygens (including phenoxy) is 2. The van der Waals surface area contributed by atoms with E-state index in [1.165, 1.54) is 0 Å². The van der Waals surface area contributed by atoms with Crippen molar-refractivity contribution in [2.24, 2.45) is 0 Å². The smallest absolute Gasteiger partial charge is 0.239 e. The molecule has 1 amide bonds. The second-order valence-electron chi connectivity index (χ2n) is 3.63. The first-order chi connectivity index (χ1) is 8.20. The molecule has 0 aliphatic carbocycles. The van der Waals surface area contributed by atoms with Crippen molar-refractivity contribution < 1.29 is 14.3 Å². The van der Waals surface area contributed by atoms with Gasteiger partial charge in [0, 0.05) is 18.2 Å².